The number of ether oxygens (including phenoxy) is 1. The number of fused-ring (bicyclic) bond motifs is 1. The summed E-state index contributed by atoms with van der Waals surface area (Å²) in [5.74, 6) is 1.59. The number of aryl methyl sites for hydroxylation is 1. The quantitative estimate of drug-likeness (QED) is 0.319. The summed E-state index contributed by atoms with van der Waals surface area (Å²) in [5, 5.41) is 18.4. The van der Waals surface area contributed by atoms with Crippen LogP contribution in [-0.4, -0.2) is 73.5 Å². The van der Waals surface area contributed by atoms with E-state index in [4.69, 9.17) is 21.3 Å². The summed E-state index contributed by atoms with van der Waals surface area (Å²) < 4.78 is 7.19. The van der Waals surface area contributed by atoms with Gasteiger partial charge in [0.15, 0.2) is 11.6 Å². The Bertz CT molecular complexity index is 1500. The van der Waals surface area contributed by atoms with Crippen molar-refractivity contribution in [3.05, 3.63) is 64.9 Å². The van der Waals surface area contributed by atoms with Crippen LogP contribution in [0.2, 0.25) is 5.02 Å². The zero-order chi connectivity index (χ0) is 28.4. The van der Waals surface area contributed by atoms with Gasteiger partial charge in [-0.15, -0.1) is 5.10 Å². The molecule has 13 heteroatoms. The Balaban J connectivity index is 1.31. The first-order valence-electron chi connectivity index (χ1n) is 13.0. The zero-order valence-corrected chi connectivity index (χ0v) is 23.6. The van der Waals surface area contributed by atoms with Gasteiger partial charge >= 0.3 is 6.09 Å². The molecule has 1 saturated heterocycles. The lowest BCUT2D eigenvalue weighted by Gasteiger charge is -2.36. The zero-order valence-electron chi connectivity index (χ0n) is 22.8. The van der Waals surface area contributed by atoms with Gasteiger partial charge in [-0.2, -0.15) is 10.1 Å². The number of hydrogen-bond acceptors (Lipinski definition) is 8. The molecule has 1 atom stereocenters. The second-order valence-electron chi connectivity index (χ2n) is 10.6. The van der Waals surface area contributed by atoms with Crippen LogP contribution < -0.4 is 15.5 Å². The smallest absolute Gasteiger partial charge is 0.408 e. The SMILES string of the molecule is Cc1cc(Nc2nc(N3CCN(C(=O)C(NC(=O)OC(C)(C)C)c4ccc(Cl)cc4)CC3)nn3cccc23)n[nH]1. The molecular weight excluding hydrogens is 534 g/mol. The third-order valence-corrected chi connectivity index (χ3v) is 6.57. The van der Waals surface area contributed by atoms with Crippen LogP contribution in [-0.2, 0) is 9.53 Å². The van der Waals surface area contributed by atoms with Crippen LogP contribution in [0.5, 0.6) is 0 Å². The number of amides is 2. The first kappa shape index (κ1) is 27.3. The Morgan fingerprint density at radius 3 is 2.48 bits per heavy atom. The fraction of sp³-hybridized carbons (Fsp3) is 0.370. The van der Waals surface area contributed by atoms with Gasteiger partial charge in [0.2, 0.25) is 11.9 Å². The molecule has 3 N–H and O–H groups in total. The van der Waals surface area contributed by atoms with Crippen molar-refractivity contribution in [2.75, 3.05) is 36.4 Å². The summed E-state index contributed by atoms with van der Waals surface area (Å²) in [6.07, 6.45) is 1.19. The molecule has 5 rings (SSSR count). The van der Waals surface area contributed by atoms with E-state index >= 15 is 0 Å². The lowest BCUT2D eigenvalue weighted by atomic mass is 10.1. The van der Waals surface area contributed by atoms with Crippen LogP contribution in [0.1, 0.15) is 38.1 Å². The number of aromatic nitrogens is 5. The second kappa shape index (κ2) is 11.0. The van der Waals surface area contributed by atoms with Crippen LogP contribution in [0.15, 0.2) is 48.7 Å². The van der Waals surface area contributed by atoms with Gasteiger partial charge < -0.3 is 25.2 Å². The van der Waals surface area contributed by atoms with Gasteiger partial charge in [0.05, 0.1) is 0 Å². The molecule has 3 aromatic heterocycles. The first-order valence-corrected chi connectivity index (χ1v) is 13.4. The molecule has 1 aliphatic rings. The third kappa shape index (κ3) is 6.28. The van der Waals surface area contributed by atoms with Crippen LogP contribution >= 0.6 is 11.6 Å². The van der Waals surface area contributed by atoms with Gasteiger partial charge in [-0.05, 0) is 57.5 Å². The number of aromatic amines is 1. The summed E-state index contributed by atoms with van der Waals surface area (Å²) in [4.78, 5) is 34.8. The first-order chi connectivity index (χ1) is 19.1. The van der Waals surface area contributed by atoms with Crippen molar-refractivity contribution in [2.24, 2.45) is 0 Å². The molecule has 4 aromatic rings. The van der Waals surface area contributed by atoms with E-state index in [-0.39, 0.29) is 5.91 Å². The van der Waals surface area contributed by atoms with Crippen LogP contribution in [0.3, 0.4) is 0 Å². The largest absolute Gasteiger partial charge is 0.444 e. The van der Waals surface area contributed by atoms with Gasteiger partial charge in [0.25, 0.3) is 0 Å². The molecule has 0 aliphatic carbocycles. The standard InChI is InChI=1S/C27H32ClN9O3/c1-17-16-21(33-32-17)29-23-20-6-5-11-37(20)34-25(31-23)36-14-12-35(13-15-36)24(38)22(18-7-9-19(28)10-8-18)30-26(39)40-27(2,3)4/h5-11,16,22H,12-15H2,1-4H3,(H,30,39)(H2,29,31,32,33,34). The van der Waals surface area contributed by atoms with Gasteiger partial charge in [0, 0.05) is 49.2 Å². The van der Waals surface area contributed by atoms with Gasteiger partial charge in [-0.1, -0.05) is 23.7 Å². The molecule has 210 valence electrons. The molecule has 0 bridgehead atoms. The number of carbonyl (C=O) groups excluding carboxylic acids is 2. The number of nitrogens with zero attached hydrogens (tertiary/aromatic N) is 6. The molecule has 0 radical (unpaired) electrons. The van der Waals surface area contributed by atoms with Crippen molar-refractivity contribution >= 4 is 46.7 Å². The monoisotopic (exact) mass is 565 g/mol. The summed E-state index contributed by atoms with van der Waals surface area (Å²) in [6.45, 7) is 9.12. The number of alkyl carbamates (subject to hydrolysis) is 1. The predicted molar refractivity (Wildman–Crippen MR) is 152 cm³/mol. The van der Waals surface area contributed by atoms with E-state index in [9.17, 15) is 9.59 Å². The second-order valence-corrected chi connectivity index (χ2v) is 11.0. The predicted octanol–water partition coefficient (Wildman–Crippen LogP) is 4.07. The van der Waals surface area contributed by atoms with Gasteiger partial charge in [-0.25, -0.2) is 9.31 Å². The number of benzene rings is 1. The fourth-order valence-electron chi connectivity index (χ4n) is 4.43. The van der Waals surface area contributed by atoms with Crippen LogP contribution in [0, 0.1) is 6.92 Å². The van der Waals surface area contributed by atoms with E-state index in [2.05, 4.69) is 25.9 Å². The number of carbonyl (C=O) groups is 2. The van der Waals surface area contributed by atoms with Crippen molar-refractivity contribution in [1.29, 1.82) is 0 Å². The van der Waals surface area contributed by atoms with Gasteiger partial charge in [-0.3, -0.25) is 9.89 Å². The molecule has 1 fully saturated rings. The normalized spacial score (nSPS) is 14.7. The molecule has 40 heavy (non-hydrogen) atoms. The van der Waals surface area contributed by atoms with Crippen LogP contribution in [0.25, 0.3) is 5.52 Å². The van der Waals surface area contributed by atoms with Crippen molar-refractivity contribution in [1.82, 2.24) is 35.0 Å². The average Bonchev–Trinajstić information content (AvgIpc) is 3.55. The summed E-state index contributed by atoms with van der Waals surface area (Å²) in [7, 11) is 0. The van der Waals surface area contributed by atoms with E-state index in [1.165, 1.54) is 0 Å². The Labute approximate surface area is 236 Å². The molecule has 12 nitrogen and oxygen atoms in total. The molecule has 1 aliphatic heterocycles. The number of rotatable bonds is 6. The van der Waals surface area contributed by atoms with Crippen molar-refractivity contribution in [3.63, 3.8) is 0 Å². The van der Waals surface area contributed by atoms with Crippen molar-refractivity contribution in [2.45, 2.75) is 39.3 Å². The number of halogens is 1. The topological polar surface area (TPSA) is 133 Å². The highest BCUT2D eigenvalue weighted by molar-refractivity contribution is 6.30. The highest BCUT2D eigenvalue weighted by Gasteiger charge is 2.32. The van der Waals surface area contributed by atoms with Crippen molar-refractivity contribution < 1.29 is 14.3 Å². The molecule has 4 heterocycles. The molecule has 2 amide bonds. The lowest BCUT2D eigenvalue weighted by Crippen LogP contribution is -2.53. The molecule has 0 spiro atoms. The minimum Gasteiger partial charge on any atom is -0.444 e. The Morgan fingerprint density at radius 2 is 1.82 bits per heavy atom. The number of H-pyrrole nitrogens is 1. The molecule has 0 saturated carbocycles. The summed E-state index contributed by atoms with van der Waals surface area (Å²) in [5.41, 5.74) is 1.67. The average molecular weight is 566 g/mol. The fourth-order valence-corrected chi connectivity index (χ4v) is 4.56. The Hall–Kier alpha value is -4.32. The highest BCUT2D eigenvalue weighted by atomic mass is 35.5. The van der Waals surface area contributed by atoms with E-state index in [1.807, 2.05) is 36.2 Å². The van der Waals surface area contributed by atoms with Crippen molar-refractivity contribution in [3.8, 4) is 0 Å². The highest BCUT2D eigenvalue weighted by Crippen LogP contribution is 2.24. The molecule has 1 aromatic carbocycles. The summed E-state index contributed by atoms with van der Waals surface area (Å²) >= 11 is 6.06. The maximum absolute atomic E-state index is 13.7. The van der Waals surface area contributed by atoms with E-state index in [0.29, 0.717) is 54.3 Å². The lowest BCUT2D eigenvalue weighted by molar-refractivity contribution is -0.134. The third-order valence-electron chi connectivity index (χ3n) is 6.32. The molecule has 1 unspecified atom stereocenters. The van der Waals surface area contributed by atoms with E-state index in [0.717, 1.165) is 11.2 Å². The van der Waals surface area contributed by atoms with E-state index < -0.39 is 17.7 Å². The Morgan fingerprint density at radius 1 is 1.10 bits per heavy atom. The number of nitrogens with one attached hydrogen (secondary N) is 3. The molecular formula is C27H32ClN9O3. The number of anilines is 3. The Kier molecular flexibility index (Phi) is 7.53. The number of piperazine rings is 1. The maximum Gasteiger partial charge on any atom is 0.408 e. The minimum atomic E-state index is -0.917. The van der Waals surface area contributed by atoms with Crippen LogP contribution in [0.4, 0.5) is 22.4 Å². The number of hydrogen-bond donors (Lipinski definition) is 3. The summed E-state index contributed by atoms with van der Waals surface area (Å²) in [6, 6.07) is 11.7. The minimum absolute atomic E-state index is 0.231. The maximum atomic E-state index is 13.7. The van der Waals surface area contributed by atoms with E-state index in [1.54, 1.807) is 54.5 Å². The van der Waals surface area contributed by atoms with Gasteiger partial charge in [0.1, 0.15) is 17.2 Å².